The van der Waals surface area contributed by atoms with Gasteiger partial charge in [0, 0.05) is 20.1 Å². The van der Waals surface area contributed by atoms with E-state index in [0.717, 1.165) is 24.5 Å². The SMILES string of the molecule is C/C=C/CCNC(=O)c1sc(N(C)CCC)nc1N. The molecule has 0 unspecified atom stereocenters. The summed E-state index contributed by atoms with van der Waals surface area (Å²) >= 11 is 1.34. The van der Waals surface area contributed by atoms with Crippen molar-refractivity contribution in [3.8, 4) is 0 Å². The van der Waals surface area contributed by atoms with E-state index in [1.165, 1.54) is 11.3 Å². The molecule has 0 spiro atoms. The average molecular weight is 282 g/mol. The molecule has 3 N–H and O–H groups in total. The number of anilines is 2. The highest BCUT2D eigenvalue weighted by Gasteiger charge is 2.17. The van der Waals surface area contributed by atoms with Crippen LogP contribution < -0.4 is 16.0 Å². The van der Waals surface area contributed by atoms with E-state index in [-0.39, 0.29) is 5.91 Å². The van der Waals surface area contributed by atoms with Crippen LogP contribution in [0.25, 0.3) is 0 Å². The predicted molar refractivity (Wildman–Crippen MR) is 81.9 cm³/mol. The van der Waals surface area contributed by atoms with Crippen LogP contribution in [0.4, 0.5) is 10.9 Å². The van der Waals surface area contributed by atoms with E-state index >= 15 is 0 Å². The van der Waals surface area contributed by atoms with Gasteiger partial charge in [0.15, 0.2) is 5.13 Å². The van der Waals surface area contributed by atoms with E-state index in [1.54, 1.807) is 0 Å². The first-order chi connectivity index (χ1) is 9.10. The maximum absolute atomic E-state index is 12.0. The number of nitrogens with zero attached hydrogens (tertiary/aromatic N) is 2. The summed E-state index contributed by atoms with van der Waals surface area (Å²) in [4.78, 5) is 18.7. The van der Waals surface area contributed by atoms with Crippen LogP contribution in [0.2, 0.25) is 0 Å². The summed E-state index contributed by atoms with van der Waals surface area (Å²) < 4.78 is 0. The molecular weight excluding hydrogens is 260 g/mol. The minimum Gasteiger partial charge on any atom is -0.382 e. The quantitative estimate of drug-likeness (QED) is 0.594. The molecule has 0 aliphatic rings. The van der Waals surface area contributed by atoms with Crippen LogP contribution in [0, 0.1) is 0 Å². The van der Waals surface area contributed by atoms with Crippen molar-refractivity contribution < 1.29 is 4.79 Å². The zero-order valence-corrected chi connectivity index (χ0v) is 12.6. The second-order valence-corrected chi connectivity index (χ2v) is 5.22. The van der Waals surface area contributed by atoms with Crippen molar-refractivity contribution in [1.82, 2.24) is 10.3 Å². The first-order valence-electron chi connectivity index (χ1n) is 6.46. The molecule has 0 aliphatic heterocycles. The van der Waals surface area contributed by atoms with Gasteiger partial charge in [-0.15, -0.1) is 0 Å². The summed E-state index contributed by atoms with van der Waals surface area (Å²) in [5.41, 5.74) is 5.80. The summed E-state index contributed by atoms with van der Waals surface area (Å²) in [6.45, 7) is 5.57. The fraction of sp³-hybridized carbons (Fsp3) is 0.538. The van der Waals surface area contributed by atoms with Crippen LogP contribution in [0.5, 0.6) is 0 Å². The lowest BCUT2D eigenvalue weighted by Gasteiger charge is -2.13. The third-order valence-corrected chi connectivity index (χ3v) is 3.75. The summed E-state index contributed by atoms with van der Waals surface area (Å²) in [6.07, 6.45) is 5.83. The van der Waals surface area contributed by atoms with E-state index < -0.39 is 0 Å². The van der Waals surface area contributed by atoms with Crippen molar-refractivity contribution in [1.29, 1.82) is 0 Å². The summed E-state index contributed by atoms with van der Waals surface area (Å²) in [5.74, 6) is 0.169. The highest BCUT2D eigenvalue weighted by atomic mass is 32.1. The fourth-order valence-corrected chi connectivity index (χ4v) is 2.48. The molecule has 5 nitrogen and oxygen atoms in total. The number of nitrogens with one attached hydrogen (secondary N) is 1. The molecule has 0 bridgehead atoms. The first kappa shape index (κ1) is 15.5. The van der Waals surface area contributed by atoms with Crippen LogP contribution in [0.3, 0.4) is 0 Å². The molecule has 19 heavy (non-hydrogen) atoms. The predicted octanol–water partition coefficient (Wildman–Crippen LogP) is 2.27. The van der Waals surface area contributed by atoms with Crippen molar-refractivity contribution in [2.75, 3.05) is 30.8 Å². The molecule has 6 heteroatoms. The lowest BCUT2D eigenvalue weighted by Crippen LogP contribution is -2.24. The number of rotatable bonds is 7. The molecular formula is C13H22N4OS. The highest BCUT2D eigenvalue weighted by molar-refractivity contribution is 7.18. The van der Waals surface area contributed by atoms with Gasteiger partial charge >= 0.3 is 0 Å². The van der Waals surface area contributed by atoms with Crippen molar-refractivity contribution in [3.05, 3.63) is 17.0 Å². The molecule has 106 valence electrons. The van der Waals surface area contributed by atoms with Gasteiger partial charge in [-0.3, -0.25) is 4.79 Å². The monoisotopic (exact) mass is 282 g/mol. The zero-order valence-electron chi connectivity index (χ0n) is 11.8. The fourth-order valence-electron chi connectivity index (χ4n) is 1.59. The van der Waals surface area contributed by atoms with Gasteiger partial charge in [-0.25, -0.2) is 4.98 Å². The Morgan fingerprint density at radius 1 is 1.58 bits per heavy atom. The van der Waals surface area contributed by atoms with Gasteiger partial charge in [0.2, 0.25) is 0 Å². The van der Waals surface area contributed by atoms with Crippen LogP contribution in [-0.4, -0.2) is 31.0 Å². The average Bonchev–Trinajstić information content (AvgIpc) is 2.77. The van der Waals surface area contributed by atoms with Gasteiger partial charge in [0.05, 0.1) is 0 Å². The number of amides is 1. The smallest absolute Gasteiger partial charge is 0.265 e. The maximum Gasteiger partial charge on any atom is 0.265 e. The summed E-state index contributed by atoms with van der Waals surface area (Å²) in [7, 11) is 1.95. The van der Waals surface area contributed by atoms with Gasteiger partial charge in [0.1, 0.15) is 10.7 Å². The van der Waals surface area contributed by atoms with Crippen LogP contribution in [0.15, 0.2) is 12.2 Å². The summed E-state index contributed by atoms with van der Waals surface area (Å²) in [5, 5.41) is 3.63. The van der Waals surface area contributed by atoms with Crippen LogP contribution in [0.1, 0.15) is 36.4 Å². The standard InChI is InChI=1S/C13H22N4OS/c1-4-6-7-8-15-12(18)10-11(14)16-13(19-10)17(3)9-5-2/h4,6H,5,7-9,14H2,1-3H3,(H,15,18)/b6-4+. The zero-order chi connectivity index (χ0) is 14.3. The Morgan fingerprint density at radius 2 is 2.32 bits per heavy atom. The molecule has 1 heterocycles. The third kappa shape index (κ3) is 4.55. The molecule has 0 aromatic carbocycles. The molecule has 1 aromatic heterocycles. The normalized spacial score (nSPS) is 10.9. The van der Waals surface area contributed by atoms with E-state index in [1.807, 2.05) is 31.0 Å². The van der Waals surface area contributed by atoms with E-state index in [2.05, 4.69) is 17.2 Å². The van der Waals surface area contributed by atoms with E-state index in [4.69, 9.17) is 5.73 Å². The Kier molecular flexibility index (Phi) is 6.35. The van der Waals surface area contributed by atoms with Gasteiger partial charge in [-0.2, -0.15) is 0 Å². The molecule has 0 radical (unpaired) electrons. The molecule has 1 amide bonds. The van der Waals surface area contributed by atoms with Crippen LogP contribution >= 0.6 is 11.3 Å². The number of hydrogen-bond acceptors (Lipinski definition) is 5. The largest absolute Gasteiger partial charge is 0.382 e. The van der Waals surface area contributed by atoms with Gasteiger partial charge < -0.3 is 16.0 Å². The number of aromatic nitrogens is 1. The van der Waals surface area contributed by atoms with Gasteiger partial charge in [-0.05, 0) is 19.8 Å². The number of nitrogen functional groups attached to an aromatic ring is 1. The number of nitrogens with two attached hydrogens (primary N) is 1. The molecule has 1 aromatic rings. The second-order valence-electron chi connectivity index (χ2n) is 4.25. The highest BCUT2D eigenvalue weighted by Crippen LogP contribution is 2.27. The number of carbonyl (C=O) groups is 1. The Labute approximate surface area is 118 Å². The topological polar surface area (TPSA) is 71.2 Å². The second kappa shape index (κ2) is 7.78. The molecule has 0 atom stereocenters. The van der Waals surface area contributed by atoms with Crippen molar-refractivity contribution >= 4 is 28.2 Å². The van der Waals surface area contributed by atoms with Crippen molar-refractivity contribution in [2.24, 2.45) is 0 Å². The van der Waals surface area contributed by atoms with Gasteiger partial charge in [-0.1, -0.05) is 30.4 Å². The molecule has 1 rings (SSSR count). The minimum atomic E-state index is -0.143. The Morgan fingerprint density at radius 3 is 2.95 bits per heavy atom. The molecule has 0 saturated heterocycles. The lowest BCUT2D eigenvalue weighted by atomic mass is 10.3. The number of carbonyl (C=O) groups excluding carboxylic acids is 1. The number of allylic oxidation sites excluding steroid dienone is 1. The molecule has 0 aliphatic carbocycles. The number of hydrogen-bond donors (Lipinski definition) is 2. The summed E-state index contributed by atoms with van der Waals surface area (Å²) in [6, 6.07) is 0. The third-order valence-electron chi connectivity index (χ3n) is 2.57. The van der Waals surface area contributed by atoms with Crippen molar-refractivity contribution in [2.45, 2.75) is 26.7 Å². The molecule has 0 fully saturated rings. The van der Waals surface area contributed by atoms with E-state index in [9.17, 15) is 4.79 Å². The van der Waals surface area contributed by atoms with E-state index in [0.29, 0.717) is 17.2 Å². The Balaban J connectivity index is 2.64. The van der Waals surface area contributed by atoms with Gasteiger partial charge in [0.25, 0.3) is 5.91 Å². The van der Waals surface area contributed by atoms with Crippen LogP contribution in [-0.2, 0) is 0 Å². The van der Waals surface area contributed by atoms with Crippen molar-refractivity contribution in [3.63, 3.8) is 0 Å². The molecule has 0 saturated carbocycles. The minimum absolute atomic E-state index is 0.143. The first-order valence-corrected chi connectivity index (χ1v) is 7.28. The Bertz CT molecular complexity index is 442. The number of thiazole rings is 1. The Hall–Kier alpha value is -1.56. The lowest BCUT2D eigenvalue weighted by molar-refractivity contribution is 0.0959. The maximum atomic E-state index is 12.0.